The smallest absolute Gasteiger partial charge is 0.257 e. The number of amides is 1. The molecule has 0 unspecified atom stereocenters. The predicted octanol–water partition coefficient (Wildman–Crippen LogP) is 4.98. The molecule has 0 aliphatic rings. The average molecular weight is 411 g/mol. The number of aromatic nitrogens is 4. The van der Waals surface area contributed by atoms with E-state index in [0.717, 1.165) is 16.6 Å². The van der Waals surface area contributed by atoms with Crippen LogP contribution in [0.25, 0.3) is 27.6 Å². The van der Waals surface area contributed by atoms with Crippen molar-refractivity contribution in [3.63, 3.8) is 0 Å². The number of pyridine rings is 2. The molecule has 0 saturated carbocycles. The van der Waals surface area contributed by atoms with Crippen LogP contribution in [0.5, 0.6) is 0 Å². The number of hydrogen-bond acceptors (Lipinski definition) is 4. The summed E-state index contributed by atoms with van der Waals surface area (Å²) >= 11 is 0. The van der Waals surface area contributed by atoms with Gasteiger partial charge in [-0.3, -0.25) is 9.78 Å². The summed E-state index contributed by atoms with van der Waals surface area (Å²) in [4.78, 5) is 22.2. The third-order valence-corrected chi connectivity index (χ3v) is 5.02. The lowest BCUT2D eigenvalue weighted by Crippen LogP contribution is -2.16. The van der Waals surface area contributed by atoms with Gasteiger partial charge >= 0.3 is 0 Å². The summed E-state index contributed by atoms with van der Waals surface area (Å²) in [5.41, 5.74) is 3.14. The van der Waals surface area contributed by atoms with Gasteiger partial charge in [0.05, 0.1) is 22.3 Å². The van der Waals surface area contributed by atoms with Crippen molar-refractivity contribution in [2.24, 2.45) is 0 Å². The van der Waals surface area contributed by atoms with Gasteiger partial charge in [0.15, 0.2) is 5.82 Å². The third-order valence-electron chi connectivity index (χ3n) is 5.02. The molecule has 7 heteroatoms. The van der Waals surface area contributed by atoms with E-state index < -0.39 is 5.82 Å². The molecule has 0 atom stereocenters. The fourth-order valence-electron chi connectivity index (χ4n) is 3.64. The largest absolute Gasteiger partial charge is 0.306 e. The molecule has 0 saturated heterocycles. The van der Waals surface area contributed by atoms with E-state index in [4.69, 9.17) is 0 Å². The first-order valence-corrected chi connectivity index (χ1v) is 9.79. The molecule has 0 aliphatic carbocycles. The minimum atomic E-state index is -0.423. The average Bonchev–Trinajstić information content (AvgIpc) is 3.13. The first kappa shape index (κ1) is 18.9. The molecule has 31 heavy (non-hydrogen) atoms. The lowest BCUT2D eigenvalue weighted by Gasteiger charge is -2.11. The van der Waals surface area contributed by atoms with Gasteiger partial charge in [-0.2, -0.15) is 9.78 Å². The van der Waals surface area contributed by atoms with Crippen LogP contribution in [0.4, 0.5) is 10.2 Å². The normalized spacial score (nSPS) is 11.2. The Hall–Kier alpha value is -4.13. The molecule has 0 bridgehead atoms. The quantitative estimate of drug-likeness (QED) is 0.455. The van der Waals surface area contributed by atoms with Gasteiger partial charge in [-0.1, -0.05) is 18.2 Å². The highest BCUT2D eigenvalue weighted by Gasteiger charge is 2.17. The third kappa shape index (κ3) is 3.50. The van der Waals surface area contributed by atoms with Gasteiger partial charge in [-0.15, -0.1) is 0 Å². The van der Waals surface area contributed by atoms with Gasteiger partial charge < -0.3 is 5.32 Å². The number of anilines is 1. The molecule has 0 spiro atoms. The number of fused-ring (bicyclic) bond motifs is 2. The topological polar surface area (TPSA) is 72.7 Å². The molecule has 2 aromatic carbocycles. The maximum Gasteiger partial charge on any atom is 0.257 e. The first-order chi connectivity index (χ1) is 15.0. The lowest BCUT2D eigenvalue weighted by molar-refractivity contribution is 0.102. The number of halogens is 1. The number of aryl methyl sites for hydroxylation is 2. The summed E-state index contributed by atoms with van der Waals surface area (Å²) in [6.45, 7) is 3.64. The number of rotatable bonds is 3. The van der Waals surface area contributed by atoms with E-state index in [9.17, 15) is 9.18 Å². The minimum Gasteiger partial charge on any atom is -0.306 e. The fourth-order valence-corrected chi connectivity index (χ4v) is 3.64. The molecule has 0 aliphatic heterocycles. The Morgan fingerprint density at radius 3 is 2.61 bits per heavy atom. The van der Waals surface area contributed by atoms with Crippen LogP contribution in [0, 0.1) is 19.7 Å². The monoisotopic (exact) mass is 411 g/mol. The Kier molecular flexibility index (Phi) is 4.43. The van der Waals surface area contributed by atoms with Crippen LogP contribution in [0.2, 0.25) is 0 Å². The second-order valence-corrected chi connectivity index (χ2v) is 7.37. The maximum atomic E-state index is 13.8. The van der Waals surface area contributed by atoms with E-state index in [-0.39, 0.29) is 5.91 Å². The molecule has 3 heterocycles. The van der Waals surface area contributed by atoms with Crippen LogP contribution in [-0.4, -0.2) is 25.7 Å². The zero-order valence-corrected chi connectivity index (χ0v) is 16.9. The van der Waals surface area contributed by atoms with Crippen LogP contribution in [-0.2, 0) is 0 Å². The van der Waals surface area contributed by atoms with Gasteiger partial charge in [-0.25, -0.2) is 9.37 Å². The summed E-state index contributed by atoms with van der Waals surface area (Å²) in [5, 5.41) is 8.87. The van der Waals surface area contributed by atoms with E-state index in [2.05, 4.69) is 20.4 Å². The highest BCUT2D eigenvalue weighted by molar-refractivity contribution is 6.12. The summed E-state index contributed by atoms with van der Waals surface area (Å²) < 4.78 is 15.4. The molecule has 1 amide bonds. The number of carbonyl (C=O) groups is 1. The van der Waals surface area contributed by atoms with Gasteiger partial charge in [0.25, 0.3) is 5.91 Å². The number of para-hydroxylation sites is 1. The number of hydrogen-bond donors (Lipinski definition) is 1. The Morgan fingerprint density at radius 1 is 0.903 bits per heavy atom. The summed E-state index contributed by atoms with van der Waals surface area (Å²) in [6, 6.07) is 19.3. The van der Waals surface area contributed by atoms with Crippen molar-refractivity contribution in [3.8, 4) is 5.82 Å². The molecule has 5 rings (SSSR count). The van der Waals surface area contributed by atoms with Crippen molar-refractivity contribution in [2.75, 3.05) is 5.32 Å². The molecular formula is C24H18FN5O. The Balaban J connectivity index is 1.56. The predicted molar refractivity (Wildman–Crippen MR) is 118 cm³/mol. The van der Waals surface area contributed by atoms with Crippen molar-refractivity contribution >= 4 is 33.5 Å². The first-order valence-electron chi connectivity index (χ1n) is 9.79. The standard InChI is InChI=1S/C24H18FN5O/c1-14-11-19(18-13-17(25)8-9-21(18)26-14)24(31)28-23-12-15(2)29-30(23)22-10-7-16-5-3-4-6-20(16)27-22/h3-13H,1-2H3,(H,28,31). The Labute approximate surface area is 177 Å². The molecule has 152 valence electrons. The van der Waals surface area contributed by atoms with Crippen molar-refractivity contribution in [1.29, 1.82) is 0 Å². The van der Waals surface area contributed by atoms with Gasteiger partial charge in [0, 0.05) is 22.5 Å². The van der Waals surface area contributed by atoms with Crippen molar-refractivity contribution < 1.29 is 9.18 Å². The number of benzene rings is 2. The number of carbonyl (C=O) groups excluding carboxylic acids is 1. The van der Waals surface area contributed by atoms with Gasteiger partial charge in [0.1, 0.15) is 11.6 Å². The Morgan fingerprint density at radius 2 is 1.74 bits per heavy atom. The second kappa shape index (κ2) is 7.28. The fraction of sp³-hybridized carbons (Fsp3) is 0.0833. The van der Waals surface area contributed by atoms with E-state index in [1.165, 1.54) is 12.1 Å². The summed E-state index contributed by atoms with van der Waals surface area (Å²) in [6.07, 6.45) is 0. The molecule has 0 radical (unpaired) electrons. The molecule has 1 N–H and O–H groups in total. The van der Waals surface area contributed by atoms with Gasteiger partial charge in [0.2, 0.25) is 0 Å². The van der Waals surface area contributed by atoms with Crippen LogP contribution < -0.4 is 5.32 Å². The number of nitrogens with one attached hydrogen (secondary N) is 1. The van der Waals surface area contributed by atoms with E-state index in [1.807, 2.05) is 43.3 Å². The van der Waals surface area contributed by atoms with Crippen LogP contribution in [0.1, 0.15) is 21.7 Å². The van der Waals surface area contributed by atoms with Crippen molar-refractivity contribution in [1.82, 2.24) is 19.7 Å². The molecule has 5 aromatic rings. The highest BCUT2D eigenvalue weighted by atomic mass is 19.1. The van der Waals surface area contributed by atoms with E-state index in [0.29, 0.717) is 33.8 Å². The summed E-state index contributed by atoms with van der Waals surface area (Å²) in [7, 11) is 0. The SMILES string of the molecule is Cc1cc(C(=O)Nc2cc(C)nn2-c2ccc3ccccc3n2)c2cc(F)ccc2n1. The van der Waals surface area contributed by atoms with Crippen LogP contribution in [0.15, 0.2) is 66.7 Å². The zero-order chi connectivity index (χ0) is 21.5. The van der Waals surface area contributed by atoms with Crippen molar-refractivity contribution in [2.45, 2.75) is 13.8 Å². The minimum absolute atomic E-state index is 0.346. The van der Waals surface area contributed by atoms with Crippen molar-refractivity contribution in [3.05, 3.63) is 89.5 Å². The van der Waals surface area contributed by atoms with Crippen LogP contribution >= 0.6 is 0 Å². The summed E-state index contributed by atoms with van der Waals surface area (Å²) in [5.74, 6) is 0.268. The zero-order valence-electron chi connectivity index (χ0n) is 16.9. The molecule has 0 fully saturated rings. The molecule has 3 aromatic heterocycles. The second-order valence-electron chi connectivity index (χ2n) is 7.37. The van der Waals surface area contributed by atoms with Gasteiger partial charge in [-0.05, 0) is 56.3 Å². The Bertz CT molecular complexity index is 1470. The highest BCUT2D eigenvalue weighted by Crippen LogP contribution is 2.23. The van der Waals surface area contributed by atoms with E-state index >= 15 is 0 Å². The molecular weight excluding hydrogens is 393 g/mol. The number of nitrogens with zero attached hydrogens (tertiary/aromatic N) is 4. The lowest BCUT2D eigenvalue weighted by atomic mass is 10.1. The maximum absolute atomic E-state index is 13.8. The van der Waals surface area contributed by atoms with Crippen LogP contribution in [0.3, 0.4) is 0 Å². The molecule has 6 nitrogen and oxygen atoms in total. The van der Waals surface area contributed by atoms with E-state index in [1.54, 1.807) is 29.8 Å².